The fraction of sp³-hybridized carbons (Fsp3) is 0.364. The van der Waals surface area contributed by atoms with Crippen molar-refractivity contribution in [2.24, 2.45) is 0 Å². The SMILES string of the molecule is Cc1sc2ncnc(SCC(=O)O)c2c1N(C)C. The second-order valence-corrected chi connectivity index (χ2v) is 6.11. The van der Waals surface area contributed by atoms with E-state index in [4.69, 9.17) is 5.11 Å². The van der Waals surface area contributed by atoms with Crippen molar-refractivity contribution in [1.29, 1.82) is 0 Å². The molecular formula is C11H13N3O2S2. The minimum Gasteiger partial charge on any atom is -0.481 e. The van der Waals surface area contributed by atoms with E-state index in [-0.39, 0.29) is 5.75 Å². The van der Waals surface area contributed by atoms with Crippen molar-refractivity contribution in [3.05, 3.63) is 11.2 Å². The van der Waals surface area contributed by atoms with Gasteiger partial charge >= 0.3 is 5.97 Å². The number of rotatable bonds is 4. The Morgan fingerprint density at radius 1 is 1.50 bits per heavy atom. The third-order valence-electron chi connectivity index (χ3n) is 2.38. The molecule has 7 heteroatoms. The first-order valence-electron chi connectivity index (χ1n) is 5.26. The summed E-state index contributed by atoms with van der Waals surface area (Å²) in [7, 11) is 3.93. The summed E-state index contributed by atoms with van der Waals surface area (Å²) in [6.45, 7) is 2.04. The predicted molar refractivity (Wildman–Crippen MR) is 74.8 cm³/mol. The zero-order valence-corrected chi connectivity index (χ0v) is 11.9. The first-order chi connectivity index (χ1) is 8.50. The van der Waals surface area contributed by atoms with Crippen molar-refractivity contribution >= 4 is 45.0 Å². The molecule has 0 fully saturated rings. The highest BCUT2D eigenvalue weighted by Gasteiger charge is 2.17. The zero-order chi connectivity index (χ0) is 13.3. The van der Waals surface area contributed by atoms with E-state index in [1.165, 1.54) is 18.1 Å². The first kappa shape index (κ1) is 13.1. The van der Waals surface area contributed by atoms with Crippen molar-refractivity contribution in [3.8, 4) is 0 Å². The second-order valence-electron chi connectivity index (χ2n) is 3.94. The van der Waals surface area contributed by atoms with E-state index in [0.717, 1.165) is 25.8 Å². The summed E-state index contributed by atoms with van der Waals surface area (Å²) in [5.74, 6) is -0.835. The third kappa shape index (κ3) is 2.41. The number of thioether (sulfide) groups is 1. The number of aliphatic carboxylic acids is 1. The van der Waals surface area contributed by atoms with Crippen molar-refractivity contribution < 1.29 is 9.90 Å². The van der Waals surface area contributed by atoms with E-state index in [1.807, 2.05) is 25.9 Å². The highest BCUT2D eigenvalue weighted by molar-refractivity contribution is 8.00. The van der Waals surface area contributed by atoms with E-state index in [0.29, 0.717) is 0 Å². The van der Waals surface area contributed by atoms with Crippen LogP contribution in [0.25, 0.3) is 10.2 Å². The highest BCUT2D eigenvalue weighted by atomic mass is 32.2. The normalized spacial score (nSPS) is 10.8. The molecule has 18 heavy (non-hydrogen) atoms. The topological polar surface area (TPSA) is 66.3 Å². The molecule has 0 spiro atoms. The van der Waals surface area contributed by atoms with Gasteiger partial charge in [0.15, 0.2) is 0 Å². The van der Waals surface area contributed by atoms with Gasteiger partial charge in [-0.05, 0) is 6.92 Å². The molecule has 5 nitrogen and oxygen atoms in total. The van der Waals surface area contributed by atoms with E-state index in [9.17, 15) is 4.79 Å². The Hall–Kier alpha value is -1.34. The number of carboxylic acids is 1. The maximum absolute atomic E-state index is 10.7. The van der Waals surface area contributed by atoms with Gasteiger partial charge in [-0.25, -0.2) is 9.97 Å². The number of aryl methyl sites for hydroxylation is 1. The number of hydrogen-bond acceptors (Lipinski definition) is 6. The molecule has 0 bridgehead atoms. The Balaban J connectivity index is 2.55. The van der Waals surface area contributed by atoms with Gasteiger partial charge in [-0.1, -0.05) is 11.8 Å². The number of carbonyl (C=O) groups is 1. The minimum absolute atomic E-state index is 0.00781. The summed E-state index contributed by atoms with van der Waals surface area (Å²) in [6.07, 6.45) is 1.49. The number of fused-ring (bicyclic) bond motifs is 1. The first-order valence-corrected chi connectivity index (χ1v) is 7.07. The summed E-state index contributed by atoms with van der Waals surface area (Å²) in [4.78, 5) is 23.2. The van der Waals surface area contributed by atoms with Crippen molar-refractivity contribution in [2.45, 2.75) is 11.9 Å². The zero-order valence-electron chi connectivity index (χ0n) is 10.3. The van der Waals surface area contributed by atoms with Crippen LogP contribution in [0.15, 0.2) is 11.4 Å². The van der Waals surface area contributed by atoms with Gasteiger partial charge in [0.25, 0.3) is 0 Å². The summed E-state index contributed by atoms with van der Waals surface area (Å²) in [6, 6.07) is 0. The number of aromatic nitrogens is 2. The third-order valence-corrected chi connectivity index (χ3v) is 4.35. The number of thiophene rings is 1. The molecule has 0 amide bonds. The number of nitrogens with zero attached hydrogens (tertiary/aromatic N) is 3. The van der Waals surface area contributed by atoms with Crippen molar-refractivity contribution in [3.63, 3.8) is 0 Å². The Kier molecular flexibility index (Phi) is 3.72. The van der Waals surface area contributed by atoms with Crippen LogP contribution in [0.1, 0.15) is 4.88 Å². The van der Waals surface area contributed by atoms with Gasteiger partial charge < -0.3 is 10.0 Å². The predicted octanol–water partition coefficient (Wildman–Crippen LogP) is 2.24. The average Bonchev–Trinajstić information content (AvgIpc) is 2.62. The monoisotopic (exact) mass is 283 g/mol. The number of anilines is 1. The van der Waals surface area contributed by atoms with Gasteiger partial charge in [-0.2, -0.15) is 0 Å². The lowest BCUT2D eigenvalue weighted by atomic mass is 10.3. The van der Waals surface area contributed by atoms with Gasteiger partial charge in [-0.15, -0.1) is 11.3 Å². The number of carboxylic acid groups (broad SMARTS) is 1. The van der Waals surface area contributed by atoms with E-state index in [2.05, 4.69) is 9.97 Å². The molecule has 2 rings (SSSR count). The molecule has 0 aliphatic heterocycles. The van der Waals surface area contributed by atoms with Gasteiger partial charge in [-0.3, -0.25) is 4.79 Å². The van der Waals surface area contributed by atoms with E-state index < -0.39 is 5.97 Å². The smallest absolute Gasteiger partial charge is 0.313 e. The largest absolute Gasteiger partial charge is 0.481 e. The van der Waals surface area contributed by atoms with Crippen LogP contribution in [0, 0.1) is 6.92 Å². The van der Waals surface area contributed by atoms with Gasteiger partial charge in [0.2, 0.25) is 0 Å². The molecule has 2 heterocycles. The van der Waals surface area contributed by atoms with E-state index in [1.54, 1.807) is 11.3 Å². The van der Waals surface area contributed by atoms with Crippen LogP contribution < -0.4 is 4.90 Å². The molecule has 96 valence electrons. The average molecular weight is 283 g/mol. The van der Waals surface area contributed by atoms with Crippen LogP contribution in [0.3, 0.4) is 0 Å². The van der Waals surface area contributed by atoms with Gasteiger partial charge in [0.05, 0.1) is 16.8 Å². The van der Waals surface area contributed by atoms with Crippen LogP contribution in [0.4, 0.5) is 5.69 Å². The molecule has 0 aliphatic carbocycles. The molecule has 0 aromatic carbocycles. The fourth-order valence-corrected chi connectivity index (χ4v) is 3.63. The van der Waals surface area contributed by atoms with Crippen molar-refractivity contribution in [1.82, 2.24) is 9.97 Å². The molecule has 0 aliphatic rings. The van der Waals surface area contributed by atoms with Crippen molar-refractivity contribution in [2.75, 3.05) is 24.7 Å². The molecule has 0 atom stereocenters. The Bertz CT molecular complexity index is 595. The Morgan fingerprint density at radius 2 is 2.22 bits per heavy atom. The Morgan fingerprint density at radius 3 is 2.83 bits per heavy atom. The second kappa shape index (κ2) is 5.11. The maximum Gasteiger partial charge on any atom is 0.313 e. The Labute approximate surface area is 113 Å². The van der Waals surface area contributed by atoms with Crippen LogP contribution in [0.2, 0.25) is 0 Å². The van der Waals surface area contributed by atoms with Crippen LogP contribution in [-0.4, -0.2) is 40.9 Å². The number of hydrogen-bond donors (Lipinski definition) is 1. The molecule has 0 saturated heterocycles. The summed E-state index contributed by atoms with van der Waals surface area (Å²) < 4.78 is 0. The van der Waals surface area contributed by atoms with Crippen LogP contribution in [-0.2, 0) is 4.79 Å². The van der Waals surface area contributed by atoms with Gasteiger partial charge in [0, 0.05) is 19.0 Å². The molecule has 2 aromatic heterocycles. The van der Waals surface area contributed by atoms with Gasteiger partial charge in [0.1, 0.15) is 16.2 Å². The lowest BCUT2D eigenvalue weighted by Gasteiger charge is -2.13. The van der Waals surface area contributed by atoms with E-state index >= 15 is 0 Å². The molecule has 2 aromatic rings. The molecular weight excluding hydrogens is 270 g/mol. The fourth-order valence-electron chi connectivity index (χ4n) is 1.78. The summed E-state index contributed by atoms with van der Waals surface area (Å²) in [5.41, 5.74) is 1.07. The maximum atomic E-state index is 10.7. The minimum atomic E-state index is -0.842. The quantitative estimate of drug-likeness (QED) is 0.685. The summed E-state index contributed by atoms with van der Waals surface area (Å²) in [5, 5.41) is 10.4. The lowest BCUT2D eigenvalue weighted by molar-refractivity contribution is -0.133. The van der Waals surface area contributed by atoms with Crippen LogP contribution in [0.5, 0.6) is 0 Å². The molecule has 0 saturated carbocycles. The molecule has 0 unspecified atom stereocenters. The van der Waals surface area contributed by atoms with Crippen LogP contribution >= 0.6 is 23.1 Å². The molecule has 0 radical (unpaired) electrons. The lowest BCUT2D eigenvalue weighted by Crippen LogP contribution is -2.09. The summed E-state index contributed by atoms with van der Waals surface area (Å²) >= 11 is 2.83. The highest BCUT2D eigenvalue weighted by Crippen LogP contribution is 2.39. The molecule has 1 N–H and O–H groups in total. The standard InChI is InChI=1S/C11H13N3O2S2/c1-6-9(14(2)3)8-10(17-4-7(15)16)12-5-13-11(8)18-6/h5H,4H2,1-3H3,(H,15,16).